The largest absolute Gasteiger partial charge is 0.494 e. The molecule has 6 heteroatoms. The van der Waals surface area contributed by atoms with E-state index in [9.17, 15) is 14.0 Å². The number of benzene rings is 1. The highest BCUT2D eigenvalue weighted by molar-refractivity contribution is 5.78. The van der Waals surface area contributed by atoms with Crippen molar-refractivity contribution in [1.29, 1.82) is 0 Å². The summed E-state index contributed by atoms with van der Waals surface area (Å²) in [5.41, 5.74) is -0.203. The third kappa shape index (κ3) is 3.75. The topological polar surface area (TPSA) is 75.6 Å². The van der Waals surface area contributed by atoms with E-state index in [1.807, 2.05) is 0 Å². The smallest absolute Gasteiger partial charge is 0.305 e. The van der Waals surface area contributed by atoms with Crippen LogP contribution in [-0.2, 0) is 16.0 Å². The number of hydrogen-bond acceptors (Lipinski definition) is 3. The van der Waals surface area contributed by atoms with Crippen molar-refractivity contribution in [2.75, 3.05) is 7.11 Å². The standard InChI is InChI=1S/C16H20FNO4/c1-22-12-5-2-4-11(15(12)17)6-7-13(19)18-16(8-3-9-16)10-14(20)21/h2,4-5H,3,6-10H2,1H3,(H,18,19)(H,20,21). The second-order valence-corrected chi connectivity index (χ2v) is 5.69. The van der Waals surface area contributed by atoms with Gasteiger partial charge in [0.05, 0.1) is 19.1 Å². The lowest BCUT2D eigenvalue weighted by Crippen LogP contribution is -2.54. The number of aliphatic carboxylic acids is 1. The third-order valence-corrected chi connectivity index (χ3v) is 4.09. The zero-order valence-corrected chi connectivity index (χ0v) is 12.5. The van der Waals surface area contributed by atoms with Gasteiger partial charge in [-0.05, 0) is 37.3 Å². The number of carbonyl (C=O) groups is 2. The summed E-state index contributed by atoms with van der Waals surface area (Å²) in [4.78, 5) is 22.9. The van der Waals surface area contributed by atoms with Gasteiger partial charge in [0.1, 0.15) is 0 Å². The Bertz CT molecular complexity index is 569. The van der Waals surface area contributed by atoms with Gasteiger partial charge in [-0.15, -0.1) is 0 Å². The first-order valence-corrected chi connectivity index (χ1v) is 7.30. The van der Waals surface area contributed by atoms with Gasteiger partial charge in [0.25, 0.3) is 0 Å². The van der Waals surface area contributed by atoms with Crippen LogP contribution in [0.2, 0.25) is 0 Å². The number of ether oxygens (including phenoxy) is 1. The molecule has 0 bridgehead atoms. The monoisotopic (exact) mass is 309 g/mol. The summed E-state index contributed by atoms with van der Waals surface area (Å²) in [5.74, 6) is -1.47. The molecule has 0 spiro atoms. The molecule has 2 rings (SSSR count). The minimum Gasteiger partial charge on any atom is -0.494 e. The summed E-state index contributed by atoms with van der Waals surface area (Å²) in [6.45, 7) is 0. The second kappa shape index (κ2) is 6.77. The van der Waals surface area contributed by atoms with Crippen molar-refractivity contribution in [3.05, 3.63) is 29.6 Å². The van der Waals surface area contributed by atoms with Gasteiger partial charge in [0.15, 0.2) is 11.6 Å². The normalized spacial score (nSPS) is 15.7. The summed E-state index contributed by atoms with van der Waals surface area (Å²) in [6.07, 6.45) is 2.57. The van der Waals surface area contributed by atoms with E-state index in [1.54, 1.807) is 12.1 Å². The number of hydrogen-bond donors (Lipinski definition) is 2. The SMILES string of the molecule is COc1cccc(CCC(=O)NC2(CC(=O)O)CCC2)c1F. The average molecular weight is 309 g/mol. The lowest BCUT2D eigenvalue weighted by molar-refractivity contribution is -0.140. The van der Waals surface area contributed by atoms with Crippen molar-refractivity contribution >= 4 is 11.9 Å². The van der Waals surface area contributed by atoms with Crippen LogP contribution in [0.5, 0.6) is 5.75 Å². The van der Waals surface area contributed by atoms with Crippen LogP contribution in [0.4, 0.5) is 4.39 Å². The predicted molar refractivity (Wildman–Crippen MR) is 78.3 cm³/mol. The molecule has 5 nitrogen and oxygen atoms in total. The molecule has 0 aromatic heterocycles. The van der Waals surface area contributed by atoms with Crippen molar-refractivity contribution in [1.82, 2.24) is 5.32 Å². The van der Waals surface area contributed by atoms with Crippen molar-refractivity contribution in [2.24, 2.45) is 0 Å². The van der Waals surface area contributed by atoms with E-state index >= 15 is 0 Å². The van der Waals surface area contributed by atoms with Crippen LogP contribution in [-0.4, -0.2) is 29.6 Å². The Morgan fingerprint density at radius 1 is 1.41 bits per heavy atom. The molecule has 1 saturated carbocycles. The first-order chi connectivity index (χ1) is 10.5. The van der Waals surface area contributed by atoms with Gasteiger partial charge in [-0.1, -0.05) is 12.1 Å². The van der Waals surface area contributed by atoms with Gasteiger partial charge >= 0.3 is 5.97 Å². The number of halogens is 1. The van der Waals surface area contributed by atoms with Crippen molar-refractivity contribution < 1.29 is 23.8 Å². The maximum atomic E-state index is 14.0. The number of carbonyl (C=O) groups excluding carboxylic acids is 1. The number of carboxylic acid groups (broad SMARTS) is 1. The Kier molecular flexibility index (Phi) is 5.00. The van der Waals surface area contributed by atoms with Crippen LogP contribution >= 0.6 is 0 Å². The molecule has 0 aliphatic heterocycles. The van der Waals surface area contributed by atoms with Gasteiger partial charge in [-0.2, -0.15) is 0 Å². The number of amides is 1. The Morgan fingerprint density at radius 2 is 2.14 bits per heavy atom. The molecule has 1 aliphatic carbocycles. The first-order valence-electron chi connectivity index (χ1n) is 7.30. The lowest BCUT2D eigenvalue weighted by atomic mass is 9.74. The highest BCUT2D eigenvalue weighted by Gasteiger charge is 2.40. The maximum absolute atomic E-state index is 14.0. The summed E-state index contributed by atoms with van der Waals surface area (Å²) < 4.78 is 18.9. The van der Waals surface area contributed by atoms with Crippen LogP contribution in [0.15, 0.2) is 18.2 Å². The quantitative estimate of drug-likeness (QED) is 0.810. The summed E-state index contributed by atoms with van der Waals surface area (Å²) >= 11 is 0. The molecule has 0 atom stereocenters. The molecule has 1 fully saturated rings. The number of aryl methyl sites for hydroxylation is 1. The molecule has 1 aromatic carbocycles. The van der Waals surface area contributed by atoms with E-state index in [4.69, 9.17) is 9.84 Å². The number of nitrogens with one attached hydrogen (secondary N) is 1. The number of methoxy groups -OCH3 is 1. The molecule has 1 aromatic rings. The molecule has 2 N–H and O–H groups in total. The minimum absolute atomic E-state index is 0.0632. The second-order valence-electron chi connectivity index (χ2n) is 5.69. The fourth-order valence-electron chi connectivity index (χ4n) is 2.75. The fraction of sp³-hybridized carbons (Fsp3) is 0.500. The molecule has 0 heterocycles. The molecule has 0 unspecified atom stereocenters. The van der Waals surface area contributed by atoms with Crippen LogP contribution in [0, 0.1) is 5.82 Å². The van der Waals surface area contributed by atoms with Gasteiger partial charge in [0.2, 0.25) is 5.91 Å². The molecule has 0 saturated heterocycles. The summed E-state index contributed by atoms with van der Waals surface area (Å²) in [6, 6.07) is 4.81. The molecule has 120 valence electrons. The number of carboxylic acids is 1. The zero-order chi connectivity index (χ0) is 16.2. The van der Waals surface area contributed by atoms with Crippen molar-refractivity contribution in [3.63, 3.8) is 0 Å². The van der Waals surface area contributed by atoms with Crippen molar-refractivity contribution in [2.45, 2.75) is 44.1 Å². The Balaban J connectivity index is 1.92. The molecule has 0 radical (unpaired) electrons. The molecule has 1 amide bonds. The fourth-order valence-corrected chi connectivity index (χ4v) is 2.75. The molecule has 22 heavy (non-hydrogen) atoms. The van der Waals surface area contributed by atoms with Crippen LogP contribution in [0.25, 0.3) is 0 Å². The number of rotatable bonds is 7. The van der Waals surface area contributed by atoms with Gasteiger partial charge < -0.3 is 15.2 Å². The van der Waals surface area contributed by atoms with E-state index in [0.717, 1.165) is 6.42 Å². The van der Waals surface area contributed by atoms with E-state index in [-0.39, 0.29) is 30.9 Å². The average Bonchev–Trinajstić information content (AvgIpc) is 2.43. The van der Waals surface area contributed by atoms with E-state index < -0.39 is 17.3 Å². The van der Waals surface area contributed by atoms with E-state index in [0.29, 0.717) is 18.4 Å². The van der Waals surface area contributed by atoms with Crippen LogP contribution < -0.4 is 10.1 Å². The van der Waals surface area contributed by atoms with E-state index in [1.165, 1.54) is 13.2 Å². The first kappa shape index (κ1) is 16.3. The van der Waals surface area contributed by atoms with Crippen LogP contribution in [0.1, 0.15) is 37.7 Å². The van der Waals surface area contributed by atoms with Gasteiger partial charge in [0, 0.05) is 6.42 Å². The van der Waals surface area contributed by atoms with Crippen molar-refractivity contribution in [3.8, 4) is 5.75 Å². The maximum Gasteiger partial charge on any atom is 0.305 e. The molecular formula is C16H20FNO4. The molecule has 1 aliphatic rings. The lowest BCUT2D eigenvalue weighted by Gasteiger charge is -2.41. The van der Waals surface area contributed by atoms with Gasteiger partial charge in [-0.25, -0.2) is 4.39 Å². The Morgan fingerprint density at radius 3 is 2.68 bits per heavy atom. The Labute approximate surface area is 128 Å². The van der Waals surface area contributed by atoms with Crippen LogP contribution in [0.3, 0.4) is 0 Å². The van der Waals surface area contributed by atoms with Gasteiger partial charge in [-0.3, -0.25) is 9.59 Å². The zero-order valence-electron chi connectivity index (χ0n) is 12.5. The summed E-state index contributed by atoms with van der Waals surface area (Å²) in [7, 11) is 1.39. The summed E-state index contributed by atoms with van der Waals surface area (Å²) in [5, 5.41) is 11.7. The minimum atomic E-state index is -0.918. The molecular weight excluding hydrogens is 289 g/mol. The Hall–Kier alpha value is -2.11. The third-order valence-electron chi connectivity index (χ3n) is 4.09. The van der Waals surface area contributed by atoms with E-state index in [2.05, 4.69) is 5.32 Å². The predicted octanol–water partition coefficient (Wildman–Crippen LogP) is 2.28. The highest BCUT2D eigenvalue weighted by Crippen LogP contribution is 2.35. The highest BCUT2D eigenvalue weighted by atomic mass is 19.1.